The molecule has 1 heterocycles. The Bertz CT molecular complexity index is 795. The van der Waals surface area contributed by atoms with Crippen LogP contribution in [0.4, 0.5) is 0 Å². The summed E-state index contributed by atoms with van der Waals surface area (Å²) in [5.41, 5.74) is 4.28. The third-order valence-corrected chi connectivity index (χ3v) is 4.02. The van der Waals surface area contributed by atoms with Crippen molar-refractivity contribution in [1.29, 1.82) is 0 Å². The van der Waals surface area contributed by atoms with Gasteiger partial charge in [-0.2, -0.15) is 0 Å². The molecule has 2 aromatic carbocycles. The molecule has 0 radical (unpaired) electrons. The van der Waals surface area contributed by atoms with E-state index in [9.17, 15) is 5.11 Å². The maximum atomic E-state index is 10.3. The van der Waals surface area contributed by atoms with E-state index in [0.717, 1.165) is 39.0 Å². The number of hydrogen-bond donors (Lipinski definition) is 1. The van der Waals surface area contributed by atoms with E-state index in [-0.39, 0.29) is 5.75 Å². The van der Waals surface area contributed by atoms with Crippen LogP contribution in [0.15, 0.2) is 34.7 Å². The molecule has 0 aliphatic carbocycles. The van der Waals surface area contributed by atoms with Crippen molar-refractivity contribution in [2.75, 3.05) is 7.11 Å². The van der Waals surface area contributed by atoms with Crippen molar-refractivity contribution in [3.63, 3.8) is 0 Å². The summed E-state index contributed by atoms with van der Waals surface area (Å²) >= 11 is 0. The van der Waals surface area contributed by atoms with Crippen LogP contribution in [0.25, 0.3) is 22.3 Å². The van der Waals surface area contributed by atoms with Crippen LogP contribution < -0.4 is 4.74 Å². The number of ether oxygens (including phenoxy) is 1. The zero-order valence-corrected chi connectivity index (χ0v) is 12.7. The number of rotatable bonds is 2. The Morgan fingerprint density at radius 1 is 1.00 bits per heavy atom. The Morgan fingerprint density at radius 2 is 1.71 bits per heavy atom. The molecule has 0 bridgehead atoms. The van der Waals surface area contributed by atoms with Crippen LogP contribution in [0.2, 0.25) is 0 Å². The number of phenols is 1. The van der Waals surface area contributed by atoms with E-state index in [1.165, 1.54) is 0 Å². The summed E-state index contributed by atoms with van der Waals surface area (Å²) < 4.78 is 11.4. The molecule has 0 fully saturated rings. The quantitative estimate of drug-likeness (QED) is 0.738. The number of hydrogen-bond acceptors (Lipinski definition) is 3. The first-order valence-electron chi connectivity index (χ1n) is 6.90. The largest absolute Gasteiger partial charge is 0.507 e. The Hall–Kier alpha value is -2.42. The first-order chi connectivity index (χ1) is 10.0. The van der Waals surface area contributed by atoms with Crippen LogP contribution >= 0.6 is 0 Å². The Kier molecular flexibility index (Phi) is 3.13. The molecular formula is C18H18O3. The average molecular weight is 282 g/mol. The minimum atomic E-state index is 0.257. The molecule has 0 saturated carbocycles. The highest BCUT2D eigenvalue weighted by molar-refractivity contribution is 5.85. The monoisotopic (exact) mass is 282 g/mol. The molecular weight excluding hydrogens is 264 g/mol. The van der Waals surface area contributed by atoms with Crippen LogP contribution in [0.1, 0.15) is 16.7 Å². The minimum absolute atomic E-state index is 0.257. The second-order valence-electron chi connectivity index (χ2n) is 5.28. The maximum Gasteiger partial charge on any atom is 0.136 e. The van der Waals surface area contributed by atoms with Gasteiger partial charge in [0.25, 0.3) is 0 Å². The highest BCUT2D eigenvalue weighted by Crippen LogP contribution is 2.43. The Morgan fingerprint density at radius 3 is 2.38 bits per heavy atom. The summed E-state index contributed by atoms with van der Waals surface area (Å²) in [6.45, 7) is 5.74. The summed E-state index contributed by atoms with van der Waals surface area (Å²) in [6.07, 6.45) is 0. The van der Waals surface area contributed by atoms with E-state index in [1.54, 1.807) is 7.11 Å². The fourth-order valence-electron chi connectivity index (χ4n) is 2.96. The van der Waals surface area contributed by atoms with Crippen molar-refractivity contribution in [3.05, 3.63) is 47.0 Å². The molecule has 0 aliphatic heterocycles. The molecule has 0 unspecified atom stereocenters. The molecule has 0 amide bonds. The molecule has 21 heavy (non-hydrogen) atoms. The zero-order chi connectivity index (χ0) is 15.1. The second-order valence-corrected chi connectivity index (χ2v) is 5.28. The molecule has 3 nitrogen and oxygen atoms in total. The number of para-hydroxylation sites is 1. The van der Waals surface area contributed by atoms with Gasteiger partial charge < -0.3 is 14.3 Å². The van der Waals surface area contributed by atoms with Crippen molar-refractivity contribution in [3.8, 4) is 22.8 Å². The number of phenolic OH excluding ortho intramolecular Hbond substituents is 1. The van der Waals surface area contributed by atoms with E-state index in [2.05, 4.69) is 0 Å². The van der Waals surface area contributed by atoms with Gasteiger partial charge in [-0.3, -0.25) is 0 Å². The van der Waals surface area contributed by atoms with Gasteiger partial charge in [-0.15, -0.1) is 0 Å². The third-order valence-electron chi connectivity index (χ3n) is 4.02. The van der Waals surface area contributed by atoms with Crippen molar-refractivity contribution < 1.29 is 14.3 Å². The number of furan rings is 1. The normalized spacial score (nSPS) is 11.0. The fraction of sp³-hybridized carbons (Fsp3) is 0.222. The van der Waals surface area contributed by atoms with Gasteiger partial charge >= 0.3 is 0 Å². The summed E-state index contributed by atoms with van der Waals surface area (Å²) in [4.78, 5) is 0. The van der Waals surface area contributed by atoms with Crippen LogP contribution in [0.3, 0.4) is 0 Å². The Labute approximate surface area is 123 Å². The smallest absolute Gasteiger partial charge is 0.136 e. The van der Waals surface area contributed by atoms with Crippen LogP contribution in [0.5, 0.6) is 11.5 Å². The van der Waals surface area contributed by atoms with Crippen molar-refractivity contribution >= 4 is 11.0 Å². The number of benzene rings is 2. The van der Waals surface area contributed by atoms with Crippen LogP contribution in [-0.4, -0.2) is 12.2 Å². The van der Waals surface area contributed by atoms with Crippen molar-refractivity contribution in [1.82, 2.24) is 0 Å². The number of fused-ring (bicyclic) bond motifs is 1. The van der Waals surface area contributed by atoms with Gasteiger partial charge in [0.05, 0.1) is 7.11 Å². The minimum Gasteiger partial charge on any atom is -0.507 e. The predicted octanol–water partition coefficient (Wildman–Crippen LogP) is 4.74. The average Bonchev–Trinajstić information content (AvgIpc) is 2.89. The van der Waals surface area contributed by atoms with E-state index < -0.39 is 0 Å². The van der Waals surface area contributed by atoms with E-state index in [0.29, 0.717) is 5.75 Å². The molecule has 0 spiro atoms. The van der Waals surface area contributed by atoms with Crippen LogP contribution in [-0.2, 0) is 0 Å². The Balaban J connectivity index is 2.33. The second kappa shape index (κ2) is 4.85. The maximum absolute atomic E-state index is 10.3. The molecule has 0 aliphatic rings. The van der Waals surface area contributed by atoms with Crippen LogP contribution in [0, 0.1) is 20.8 Å². The molecule has 0 atom stereocenters. The van der Waals surface area contributed by atoms with Gasteiger partial charge in [0.1, 0.15) is 22.8 Å². The third kappa shape index (κ3) is 1.97. The lowest BCUT2D eigenvalue weighted by Crippen LogP contribution is -1.97. The van der Waals surface area contributed by atoms with E-state index >= 15 is 0 Å². The van der Waals surface area contributed by atoms with Crippen molar-refractivity contribution in [2.24, 2.45) is 0 Å². The van der Waals surface area contributed by atoms with Gasteiger partial charge in [-0.05, 0) is 32.9 Å². The highest BCUT2D eigenvalue weighted by atomic mass is 16.5. The van der Waals surface area contributed by atoms with Gasteiger partial charge in [0.2, 0.25) is 0 Å². The standard InChI is InChI=1S/C18H18O3/c1-10-16(11(2)18(20-4)12(3)17(10)19)15-9-13-7-5-6-8-14(13)21-15/h5-9,19H,1-4H3. The lowest BCUT2D eigenvalue weighted by molar-refractivity contribution is 0.399. The summed E-state index contributed by atoms with van der Waals surface area (Å²) in [7, 11) is 1.62. The molecule has 3 rings (SSSR count). The van der Waals surface area contributed by atoms with E-state index in [1.807, 2.05) is 51.1 Å². The van der Waals surface area contributed by atoms with Gasteiger partial charge in [0, 0.05) is 27.6 Å². The first kappa shape index (κ1) is 13.6. The number of methoxy groups -OCH3 is 1. The lowest BCUT2D eigenvalue weighted by atomic mass is 9.95. The molecule has 3 aromatic rings. The molecule has 108 valence electrons. The molecule has 1 aromatic heterocycles. The van der Waals surface area contributed by atoms with Gasteiger partial charge in [-0.1, -0.05) is 18.2 Å². The fourth-order valence-corrected chi connectivity index (χ4v) is 2.96. The summed E-state index contributed by atoms with van der Waals surface area (Å²) in [5.74, 6) is 1.71. The molecule has 3 heteroatoms. The first-order valence-corrected chi connectivity index (χ1v) is 6.90. The SMILES string of the molecule is COc1c(C)c(O)c(C)c(-c2cc3ccccc3o2)c1C. The summed E-state index contributed by atoms with van der Waals surface area (Å²) in [6, 6.07) is 9.88. The number of aromatic hydroxyl groups is 1. The highest BCUT2D eigenvalue weighted by Gasteiger charge is 2.20. The van der Waals surface area contributed by atoms with Gasteiger partial charge in [-0.25, -0.2) is 0 Å². The zero-order valence-electron chi connectivity index (χ0n) is 12.7. The lowest BCUT2D eigenvalue weighted by Gasteiger charge is -2.17. The molecule has 1 N–H and O–H groups in total. The van der Waals surface area contributed by atoms with Gasteiger partial charge in [0.15, 0.2) is 0 Å². The van der Waals surface area contributed by atoms with Crippen molar-refractivity contribution in [2.45, 2.75) is 20.8 Å². The topological polar surface area (TPSA) is 42.6 Å². The van der Waals surface area contributed by atoms with E-state index in [4.69, 9.17) is 9.15 Å². The predicted molar refractivity (Wildman–Crippen MR) is 84.1 cm³/mol. The summed E-state index contributed by atoms with van der Waals surface area (Å²) in [5, 5.41) is 11.4. The molecule has 0 saturated heterocycles.